The van der Waals surface area contributed by atoms with Crippen molar-refractivity contribution in [3.63, 3.8) is 0 Å². The Balaban J connectivity index is 1.96. The maximum absolute atomic E-state index is 13.1. The fourth-order valence-corrected chi connectivity index (χ4v) is 2.54. The highest BCUT2D eigenvalue weighted by Gasteiger charge is 2.13. The van der Waals surface area contributed by atoms with E-state index in [4.69, 9.17) is 0 Å². The molecule has 5 heteroatoms. The van der Waals surface area contributed by atoms with Gasteiger partial charge in [-0.25, -0.2) is 8.78 Å². The summed E-state index contributed by atoms with van der Waals surface area (Å²) >= 11 is 1.62. The Hall–Kier alpha value is -1.30. The first kappa shape index (κ1) is 14.1. The van der Waals surface area contributed by atoms with Crippen LogP contribution in [0.5, 0.6) is 0 Å². The van der Waals surface area contributed by atoms with Crippen molar-refractivity contribution in [1.29, 1.82) is 0 Å². The number of hydrogen-bond acceptors (Lipinski definition) is 3. The zero-order chi connectivity index (χ0) is 13.8. The van der Waals surface area contributed by atoms with Crippen LogP contribution in [0.2, 0.25) is 0 Å². The van der Waals surface area contributed by atoms with Crippen LogP contribution in [0.25, 0.3) is 0 Å². The lowest BCUT2D eigenvalue weighted by Crippen LogP contribution is -2.24. The molecule has 19 heavy (non-hydrogen) atoms. The van der Waals surface area contributed by atoms with Crippen LogP contribution >= 0.6 is 11.3 Å². The summed E-state index contributed by atoms with van der Waals surface area (Å²) in [5.74, 6) is -1.83. The number of halogens is 2. The third kappa shape index (κ3) is 3.83. The molecule has 0 radical (unpaired) electrons. The summed E-state index contributed by atoms with van der Waals surface area (Å²) in [6.45, 7) is 1.07. The van der Waals surface area contributed by atoms with Crippen LogP contribution in [0.4, 0.5) is 8.78 Å². The van der Waals surface area contributed by atoms with E-state index in [1.54, 1.807) is 11.3 Å². The van der Waals surface area contributed by atoms with Crippen molar-refractivity contribution in [2.45, 2.75) is 12.6 Å². The molecule has 1 aromatic heterocycles. The van der Waals surface area contributed by atoms with Crippen LogP contribution < -0.4 is 0 Å². The number of benzene rings is 1. The zero-order valence-corrected chi connectivity index (χ0v) is 11.3. The third-order valence-electron chi connectivity index (χ3n) is 2.85. The molecule has 0 aliphatic heterocycles. The van der Waals surface area contributed by atoms with Crippen LogP contribution in [0.1, 0.15) is 17.2 Å². The number of nitrogens with zero attached hydrogens (tertiary/aromatic N) is 1. The van der Waals surface area contributed by atoms with Crippen molar-refractivity contribution in [2.75, 3.05) is 13.6 Å². The molecule has 0 amide bonds. The van der Waals surface area contributed by atoms with Crippen LogP contribution in [-0.2, 0) is 6.54 Å². The SMILES string of the molecule is CN(Cc1ccsc1)CC(O)c1ccc(F)c(F)c1. The van der Waals surface area contributed by atoms with Crippen molar-refractivity contribution in [1.82, 2.24) is 4.90 Å². The molecule has 2 rings (SSSR count). The molecule has 0 fully saturated rings. The van der Waals surface area contributed by atoms with Gasteiger partial charge in [-0.15, -0.1) is 0 Å². The Bertz CT molecular complexity index is 530. The smallest absolute Gasteiger partial charge is 0.159 e. The Morgan fingerprint density at radius 3 is 2.68 bits per heavy atom. The van der Waals surface area contributed by atoms with E-state index in [1.807, 2.05) is 28.8 Å². The van der Waals surface area contributed by atoms with E-state index in [0.29, 0.717) is 18.7 Å². The van der Waals surface area contributed by atoms with Gasteiger partial charge in [0.2, 0.25) is 0 Å². The third-order valence-corrected chi connectivity index (χ3v) is 3.58. The van der Waals surface area contributed by atoms with Gasteiger partial charge in [0.1, 0.15) is 0 Å². The highest BCUT2D eigenvalue weighted by atomic mass is 32.1. The first-order chi connectivity index (χ1) is 9.06. The topological polar surface area (TPSA) is 23.5 Å². The average molecular weight is 283 g/mol. The van der Waals surface area contributed by atoms with Gasteiger partial charge >= 0.3 is 0 Å². The van der Waals surface area contributed by atoms with Crippen LogP contribution in [-0.4, -0.2) is 23.6 Å². The summed E-state index contributed by atoms with van der Waals surface area (Å²) in [4.78, 5) is 1.94. The number of aliphatic hydroxyl groups excluding tert-OH is 1. The standard InChI is InChI=1S/C14H15F2NOS/c1-17(7-10-4-5-19-9-10)8-14(18)11-2-3-12(15)13(16)6-11/h2-6,9,14,18H,7-8H2,1H3. The minimum atomic E-state index is -0.933. The Morgan fingerprint density at radius 1 is 1.26 bits per heavy atom. The van der Waals surface area contributed by atoms with Gasteiger partial charge in [-0.05, 0) is 47.1 Å². The summed E-state index contributed by atoms with van der Waals surface area (Å²) in [5.41, 5.74) is 1.56. The number of hydrogen-bond donors (Lipinski definition) is 1. The average Bonchev–Trinajstić information content (AvgIpc) is 2.85. The first-order valence-electron chi connectivity index (χ1n) is 5.89. The second kappa shape index (κ2) is 6.23. The highest BCUT2D eigenvalue weighted by Crippen LogP contribution is 2.18. The monoisotopic (exact) mass is 283 g/mol. The van der Waals surface area contributed by atoms with Gasteiger partial charge in [-0.1, -0.05) is 6.07 Å². The molecular weight excluding hydrogens is 268 g/mol. The lowest BCUT2D eigenvalue weighted by Gasteiger charge is -2.20. The van der Waals surface area contributed by atoms with E-state index in [-0.39, 0.29) is 0 Å². The number of rotatable bonds is 5. The largest absolute Gasteiger partial charge is 0.387 e. The predicted molar refractivity (Wildman–Crippen MR) is 72.0 cm³/mol. The molecule has 1 unspecified atom stereocenters. The van der Waals surface area contributed by atoms with Crippen molar-refractivity contribution in [3.05, 3.63) is 57.8 Å². The van der Waals surface area contributed by atoms with Crippen molar-refractivity contribution < 1.29 is 13.9 Å². The lowest BCUT2D eigenvalue weighted by molar-refractivity contribution is 0.123. The minimum Gasteiger partial charge on any atom is -0.387 e. The molecular formula is C14H15F2NOS. The summed E-state index contributed by atoms with van der Waals surface area (Å²) in [7, 11) is 1.88. The molecule has 0 bridgehead atoms. The van der Waals surface area contributed by atoms with E-state index >= 15 is 0 Å². The van der Waals surface area contributed by atoms with E-state index in [9.17, 15) is 13.9 Å². The van der Waals surface area contributed by atoms with Gasteiger partial charge in [0.15, 0.2) is 11.6 Å². The Labute approximate surface area is 114 Å². The summed E-state index contributed by atoms with van der Waals surface area (Å²) in [5, 5.41) is 14.0. The van der Waals surface area contributed by atoms with Gasteiger partial charge in [0.05, 0.1) is 6.10 Å². The van der Waals surface area contributed by atoms with Crippen LogP contribution in [0, 0.1) is 11.6 Å². The molecule has 0 aliphatic rings. The molecule has 2 aromatic rings. The molecule has 1 aromatic carbocycles. The maximum atomic E-state index is 13.1. The highest BCUT2D eigenvalue weighted by molar-refractivity contribution is 7.07. The van der Waals surface area contributed by atoms with Crippen molar-refractivity contribution in [3.8, 4) is 0 Å². The molecule has 102 valence electrons. The summed E-state index contributed by atoms with van der Waals surface area (Å²) in [6, 6.07) is 5.50. The predicted octanol–water partition coefficient (Wildman–Crippen LogP) is 3.19. The molecule has 1 N–H and O–H groups in total. The second-order valence-electron chi connectivity index (χ2n) is 4.52. The zero-order valence-electron chi connectivity index (χ0n) is 10.5. The van der Waals surface area contributed by atoms with Gasteiger partial charge in [-0.2, -0.15) is 11.3 Å². The van der Waals surface area contributed by atoms with Gasteiger partial charge < -0.3 is 5.11 Å². The van der Waals surface area contributed by atoms with Gasteiger partial charge in [0.25, 0.3) is 0 Å². The summed E-state index contributed by atoms with van der Waals surface area (Å²) in [6.07, 6.45) is -0.835. The first-order valence-corrected chi connectivity index (χ1v) is 6.83. The fraction of sp³-hybridized carbons (Fsp3) is 0.286. The summed E-state index contributed by atoms with van der Waals surface area (Å²) < 4.78 is 25.9. The van der Waals surface area contributed by atoms with E-state index in [0.717, 1.165) is 12.1 Å². The molecule has 1 heterocycles. The molecule has 0 saturated heterocycles. The Kier molecular flexibility index (Phi) is 4.63. The number of likely N-dealkylation sites (N-methyl/N-ethyl adjacent to an activating group) is 1. The van der Waals surface area contributed by atoms with Crippen LogP contribution in [0.3, 0.4) is 0 Å². The van der Waals surface area contributed by atoms with E-state index in [1.165, 1.54) is 11.6 Å². The Morgan fingerprint density at radius 2 is 2.05 bits per heavy atom. The van der Waals surface area contributed by atoms with Crippen LogP contribution in [0.15, 0.2) is 35.0 Å². The maximum Gasteiger partial charge on any atom is 0.159 e. The lowest BCUT2D eigenvalue weighted by atomic mass is 10.1. The van der Waals surface area contributed by atoms with Crippen molar-refractivity contribution >= 4 is 11.3 Å². The fourth-order valence-electron chi connectivity index (χ4n) is 1.88. The quantitative estimate of drug-likeness (QED) is 0.911. The van der Waals surface area contributed by atoms with Gasteiger partial charge in [-0.3, -0.25) is 4.90 Å². The van der Waals surface area contributed by atoms with Gasteiger partial charge in [0, 0.05) is 13.1 Å². The molecule has 0 spiro atoms. The normalized spacial score (nSPS) is 12.9. The van der Waals surface area contributed by atoms with E-state index in [2.05, 4.69) is 0 Å². The molecule has 2 nitrogen and oxygen atoms in total. The molecule has 0 saturated carbocycles. The number of thiophene rings is 1. The van der Waals surface area contributed by atoms with Crippen molar-refractivity contribution in [2.24, 2.45) is 0 Å². The van der Waals surface area contributed by atoms with E-state index < -0.39 is 17.7 Å². The minimum absolute atomic E-state index is 0.362. The second-order valence-corrected chi connectivity index (χ2v) is 5.30. The number of aliphatic hydroxyl groups is 1. The molecule has 1 atom stereocenters. The molecule has 0 aliphatic carbocycles.